The third-order valence-corrected chi connectivity index (χ3v) is 7.16. The van der Waals surface area contributed by atoms with Crippen molar-refractivity contribution in [1.82, 2.24) is 4.90 Å². The second-order valence-electron chi connectivity index (χ2n) is 7.46. The van der Waals surface area contributed by atoms with Gasteiger partial charge in [0.1, 0.15) is 17.6 Å². The van der Waals surface area contributed by atoms with E-state index >= 15 is 0 Å². The fourth-order valence-electron chi connectivity index (χ4n) is 4.29. The van der Waals surface area contributed by atoms with Crippen LogP contribution < -0.4 is 4.74 Å². The summed E-state index contributed by atoms with van der Waals surface area (Å²) in [6.07, 6.45) is 3.84. The van der Waals surface area contributed by atoms with Crippen LogP contribution >= 0.6 is 22.9 Å². The third-order valence-electron chi connectivity index (χ3n) is 5.77. The zero-order chi connectivity index (χ0) is 20.7. The molecule has 1 aromatic heterocycles. The molecule has 2 heterocycles. The Morgan fingerprint density at radius 2 is 1.97 bits per heavy atom. The molecule has 2 aromatic rings. The Kier molecular flexibility index (Phi) is 5.40. The van der Waals surface area contributed by atoms with Crippen molar-refractivity contribution in [2.24, 2.45) is 0 Å². The van der Waals surface area contributed by atoms with Crippen molar-refractivity contribution in [2.75, 3.05) is 7.11 Å². The summed E-state index contributed by atoms with van der Waals surface area (Å²) in [5.41, 5.74) is 1.54. The minimum absolute atomic E-state index is 0.0167. The molecule has 2 fully saturated rings. The highest BCUT2D eigenvalue weighted by atomic mass is 35.5. The zero-order valence-electron chi connectivity index (χ0n) is 16.3. The van der Waals surface area contributed by atoms with E-state index in [9.17, 15) is 14.7 Å². The molecule has 5 nitrogen and oxygen atoms in total. The lowest BCUT2D eigenvalue weighted by molar-refractivity contribution is -0.141. The highest BCUT2D eigenvalue weighted by Gasteiger charge is 2.50. The highest BCUT2D eigenvalue weighted by molar-refractivity contribution is 7.10. The molecule has 1 amide bonds. The number of thiophene rings is 1. The van der Waals surface area contributed by atoms with E-state index in [0.717, 1.165) is 36.1 Å². The van der Waals surface area contributed by atoms with Crippen LogP contribution in [0.25, 0.3) is 5.76 Å². The molecule has 0 bridgehead atoms. The lowest BCUT2D eigenvalue weighted by Crippen LogP contribution is -2.37. The van der Waals surface area contributed by atoms with E-state index in [-0.39, 0.29) is 17.4 Å². The van der Waals surface area contributed by atoms with Crippen LogP contribution in [0.2, 0.25) is 5.02 Å². The fraction of sp³-hybridized carbons (Fsp3) is 0.364. The van der Waals surface area contributed by atoms with Crippen molar-refractivity contribution >= 4 is 40.4 Å². The maximum Gasteiger partial charge on any atom is 0.295 e. The van der Waals surface area contributed by atoms with Crippen LogP contribution in [0.5, 0.6) is 5.75 Å². The molecule has 29 heavy (non-hydrogen) atoms. The van der Waals surface area contributed by atoms with Crippen molar-refractivity contribution in [3.8, 4) is 5.75 Å². The zero-order valence-corrected chi connectivity index (χ0v) is 17.8. The van der Waals surface area contributed by atoms with E-state index in [4.69, 9.17) is 16.3 Å². The van der Waals surface area contributed by atoms with Gasteiger partial charge < -0.3 is 14.7 Å². The number of aliphatic hydroxyl groups is 1. The number of halogens is 1. The second-order valence-corrected chi connectivity index (χ2v) is 8.82. The molecule has 1 aliphatic carbocycles. The van der Waals surface area contributed by atoms with Gasteiger partial charge in [-0.25, -0.2) is 0 Å². The number of nitrogens with zero attached hydrogens (tertiary/aromatic N) is 1. The summed E-state index contributed by atoms with van der Waals surface area (Å²) >= 11 is 7.60. The van der Waals surface area contributed by atoms with E-state index in [0.29, 0.717) is 16.3 Å². The minimum atomic E-state index is -0.638. The third kappa shape index (κ3) is 3.34. The largest absolute Gasteiger partial charge is 0.507 e. The molecule has 1 saturated carbocycles. The number of aryl methyl sites for hydroxylation is 1. The van der Waals surface area contributed by atoms with E-state index < -0.39 is 17.7 Å². The van der Waals surface area contributed by atoms with Crippen LogP contribution in [0.4, 0.5) is 0 Å². The Labute approximate surface area is 178 Å². The summed E-state index contributed by atoms with van der Waals surface area (Å²) in [5.74, 6) is -0.973. The first-order valence-electron chi connectivity index (χ1n) is 9.62. The lowest BCUT2D eigenvalue weighted by Gasteiger charge is -2.30. The van der Waals surface area contributed by atoms with Gasteiger partial charge in [0.15, 0.2) is 0 Å². The Morgan fingerprint density at radius 3 is 2.59 bits per heavy atom. The number of carbonyl (C=O) groups excluding carboxylic acids is 2. The Bertz CT molecular complexity index is 1010. The summed E-state index contributed by atoms with van der Waals surface area (Å²) in [7, 11) is 1.49. The topological polar surface area (TPSA) is 66.8 Å². The maximum atomic E-state index is 13.1. The standard InChI is InChI=1S/C22H22ClNO4S/c1-12-9-10-29-21(12)18-17(19(25)13-7-8-15(23)16(11-13)28-2)20(26)22(27)24(18)14-5-3-4-6-14/h7-11,14,18,25H,3-6H2,1-2H3/b19-17-. The van der Waals surface area contributed by atoms with Crippen LogP contribution in [-0.2, 0) is 9.59 Å². The Balaban J connectivity index is 1.89. The molecule has 1 aliphatic heterocycles. The number of rotatable bonds is 4. The summed E-state index contributed by atoms with van der Waals surface area (Å²) in [6.45, 7) is 1.96. The van der Waals surface area contributed by atoms with Crippen molar-refractivity contribution < 1.29 is 19.4 Å². The van der Waals surface area contributed by atoms with E-state index in [2.05, 4.69) is 0 Å². The number of methoxy groups -OCH3 is 1. The van der Waals surface area contributed by atoms with Crippen LogP contribution in [-0.4, -0.2) is 34.8 Å². The molecule has 1 saturated heterocycles. The van der Waals surface area contributed by atoms with Gasteiger partial charge in [-0.3, -0.25) is 9.59 Å². The summed E-state index contributed by atoms with van der Waals surface area (Å²) in [4.78, 5) is 28.7. The molecule has 1 aromatic carbocycles. The predicted octanol–water partition coefficient (Wildman–Crippen LogP) is 5.08. The number of amides is 1. The van der Waals surface area contributed by atoms with Crippen LogP contribution in [0.15, 0.2) is 35.2 Å². The first kappa shape index (κ1) is 20.0. The number of hydrogen-bond donors (Lipinski definition) is 1. The molecule has 0 radical (unpaired) electrons. The van der Waals surface area contributed by atoms with Gasteiger partial charge in [-0.05, 0) is 55.0 Å². The smallest absolute Gasteiger partial charge is 0.295 e. The number of aliphatic hydroxyl groups excluding tert-OH is 1. The molecule has 2 aliphatic rings. The number of benzene rings is 1. The van der Waals surface area contributed by atoms with Gasteiger partial charge >= 0.3 is 0 Å². The average molecular weight is 432 g/mol. The van der Waals surface area contributed by atoms with Crippen LogP contribution in [0.3, 0.4) is 0 Å². The summed E-state index contributed by atoms with van der Waals surface area (Å²) in [6, 6.07) is 6.23. The molecule has 0 spiro atoms. The number of carbonyl (C=O) groups is 2. The monoisotopic (exact) mass is 431 g/mol. The number of likely N-dealkylation sites (tertiary alicyclic amines) is 1. The molecular weight excluding hydrogens is 410 g/mol. The molecule has 1 atom stereocenters. The normalized spacial score (nSPS) is 21.9. The molecule has 7 heteroatoms. The van der Waals surface area contributed by atoms with E-state index in [1.807, 2.05) is 18.4 Å². The quantitative estimate of drug-likeness (QED) is 0.416. The molecular formula is C22H22ClNO4S. The molecule has 152 valence electrons. The van der Waals surface area contributed by atoms with Gasteiger partial charge in [-0.2, -0.15) is 0 Å². The van der Waals surface area contributed by atoms with Gasteiger partial charge in [-0.1, -0.05) is 24.4 Å². The predicted molar refractivity (Wildman–Crippen MR) is 113 cm³/mol. The van der Waals surface area contributed by atoms with E-state index in [1.165, 1.54) is 18.4 Å². The SMILES string of the molecule is COc1cc(/C(O)=C2/C(=O)C(=O)N(C3CCCC3)C2c2sccc2C)ccc1Cl. The number of ketones is 1. The first-order chi connectivity index (χ1) is 13.9. The Morgan fingerprint density at radius 1 is 1.24 bits per heavy atom. The maximum absolute atomic E-state index is 13.1. The van der Waals surface area contributed by atoms with Gasteiger partial charge in [0.2, 0.25) is 0 Å². The molecule has 4 rings (SSSR count). The molecule has 1 unspecified atom stereocenters. The number of Topliss-reactive ketones (excluding diaryl/α,β-unsaturated/α-hetero) is 1. The summed E-state index contributed by atoms with van der Waals surface area (Å²) in [5, 5.41) is 13.5. The fourth-order valence-corrected chi connectivity index (χ4v) is 5.52. The lowest BCUT2D eigenvalue weighted by atomic mass is 9.97. The minimum Gasteiger partial charge on any atom is -0.507 e. The number of ether oxygens (including phenoxy) is 1. The van der Waals surface area contributed by atoms with Crippen molar-refractivity contribution in [1.29, 1.82) is 0 Å². The first-order valence-corrected chi connectivity index (χ1v) is 10.9. The molecule has 1 N–H and O–H groups in total. The average Bonchev–Trinajstić information content (AvgIpc) is 3.43. The van der Waals surface area contributed by atoms with Gasteiger partial charge in [-0.15, -0.1) is 11.3 Å². The van der Waals surface area contributed by atoms with Crippen LogP contribution in [0.1, 0.15) is 47.7 Å². The van der Waals surface area contributed by atoms with Crippen molar-refractivity contribution in [3.63, 3.8) is 0 Å². The Hall–Kier alpha value is -2.31. The summed E-state index contributed by atoms with van der Waals surface area (Å²) < 4.78 is 5.24. The van der Waals surface area contributed by atoms with Gasteiger partial charge in [0.05, 0.1) is 17.7 Å². The second kappa shape index (κ2) is 7.84. The number of hydrogen-bond acceptors (Lipinski definition) is 5. The van der Waals surface area contributed by atoms with E-state index in [1.54, 1.807) is 23.1 Å². The highest BCUT2D eigenvalue weighted by Crippen LogP contribution is 2.46. The van der Waals surface area contributed by atoms with Crippen molar-refractivity contribution in [2.45, 2.75) is 44.7 Å². The van der Waals surface area contributed by atoms with Gasteiger partial charge in [0, 0.05) is 16.5 Å². The van der Waals surface area contributed by atoms with Crippen LogP contribution in [0, 0.1) is 6.92 Å². The van der Waals surface area contributed by atoms with Crippen molar-refractivity contribution in [3.05, 3.63) is 56.2 Å². The van der Waals surface area contributed by atoms with Gasteiger partial charge in [0.25, 0.3) is 11.7 Å².